The van der Waals surface area contributed by atoms with E-state index < -0.39 is 0 Å². The zero-order valence-corrected chi connectivity index (χ0v) is 17.3. The molecule has 0 spiro atoms. The number of carbonyl (C=O) groups excluding carboxylic acids is 1. The average molecular weight is 394 g/mol. The fraction of sp³-hybridized carbons (Fsp3) is 0.458. The van der Waals surface area contributed by atoms with Crippen LogP contribution in [0.25, 0.3) is 0 Å². The van der Waals surface area contributed by atoms with E-state index in [0.717, 1.165) is 44.2 Å². The summed E-state index contributed by atoms with van der Waals surface area (Å²) < 4.78 is 5.30. The van der Waals surface area contributed by atoms with Crippen molar-refractivity contribution in [3.63, 3.8) is 0 Å². The molecular formula is C24H31N3O2. The molecule has 2 aromatic rings. The van der Waals surface area contributed by atoms with Gasteiger partial charge in [0.25, 0.3) is 0 Å². The molecule has 1 atom stereocenters. The lowest BCUT2D eigenvalue weighted by molar-refractivity contribution is -0.121. The summed E-state index contributed by atoms with van der Waals surface area (Å²) in [5.74, 6) is 1.61. The number of amides is 1. The molecular weight excluding hydrogens is 362 g/mol. The van der Waals surface area contributed by atoms with E-state index in [2.05, 4.69) is 40.1 Å². The van der Waals surface area contributed by atoms with Gasteiger partial charge in [0.15, 0.2) is 0 Å². The van der Waals surface area contributed by atoms with Gasteiger partial charge in [-0.25, -0.2) is 0 Å². The SMILES string of the molecule is COc1cccc(N2CCN(CC3CCCN(Cc4ccccc4)C3)CC2=O)c1. The molecule has 5 heteroatoms. The van der Waals surface area contributed by atoms with Crippen molar-refractivity contribution < 1.29 is 9.53 Å². The predicted octanol–water partition coefficient (Wildman–Crippen LogP) is 3.26. The second-order valence-electron chi connectivity index (χ2n) is 8.21. The van der Waals surface area contributed by atoms with Gasteiger partial charge in [-0.1, -0.05) is 36.4 Å². The molecule has 2 fully saturated rings. The number of ether oxygens (including phenoxy) is 1. The van der Waals surface area contributed by atoms with E-state index in [1.807, 2.05) is 29.2 Å². The van der Waals surface area contributed by atoms with E-state index >= 15 is 0 Å². The fourth-order valence-electron chi connectivity index (χ4n) is 4.58. The Kier molecular flexibility index (Phi) is 6.47. The number of methoxy groups -OCH3 is 1. The first-order valence-corrected chi connectivity index (χ1v) is 10.6. The lowest BCUT2D eigenvalue weighted by Crippen LogP contribution is -2.52. The summed E-state index contributed by atoms with van der Waals surface area (Å²) in [7, 11) is 1.66. The summed E-state index contributed by atoms with van der Waals surface area (Å²) in [6.45, 7) is 6.52. The second kappa shape index (κ2) is 9.42. The standard InChI is InChI=1S/C24H31N3O2/c1-29-23-11-5-10-22(15-23)27-14-13-26(19-24(27)28)18-21-9-6-12-25(17-21)16-20-7-3-2-4-8-20/h2-5,7-8,10-11,15,21H,6,9,12-14,16-19H2,1H3. The number of benzene rings is 2. The lowest BCUT2D eigenvalue weighted by Gasteiger charge is -2.39. The molecule has 29 heavy (non-hydrogen) atoms. The van der Waals surface area contributed by atoms with Crippen LogP contribution in [0.15, 0.2) is 54.6 Å². The van der Waals surface area contributed by atoms with Crippen molar-refractivity contribution in [2.45, 2.75) is 19.4 Å². The Morgan fingerprint density at radius 2 is 1.86 bits per heavy atom. The van der Waals surface area contributed by atoms with Crippen LogP contribution in [0.3, 0.4) is 0 Å². The van der Waals surface area contributed by atoms with Crippen LogP contribution < -0.4 is 9.64 Å². The molecule has 4 rings (SSSR count). The molecule has 2 saturated heterocycles. The molecule has 0 aliphatic carbocycles. The Bertz CT molecular complexity index is 811. The molecule has 154 valence electrons. The van der Waals surface area contributed by atoms with Gasteiger partial charge < -0.3 is 9.64 Å². The smallest absolute Gasteiger partial charge is 0.241 e. The van der Waals surface area contributed by atoms with Crippen molar-refractivity contribution in [2.24, 2.45) is 5.92 Å². The maximum atomic E-state index is 12.8. The van der Waals surface area contributed by atoms with Crippen molar-refractivity contribution in [3.05, 3.63) is 60.2 Å². The van der Waals surface area contributed by atoms with Gasteiger partial charge in [0.05, 0.1) is 13.7 Å². The minimum Gasteiger partial charge on any atom is -0.497 e. The van der Waals surface area contributed by atoms with E-state index in [1.54, 1.807) is 7.11 Å². The third-order valence-electron chi connectivity index (χ3n) is 6.03. The summed E-state index contributed by atoms with van der Waals surface area (Å²) in [5.41, 5.74) is 2.32. The molecule has 2 aliphatic rings. The summed E-state index contributed by atoms with van der Waals surface area (Å²) >= 11 is 0. The Labute approximate surface area is 173 Å². The van der Waals surface area contributed by atoms with Crippen molar-refractivity contribution in [1.29, 1.82) is 0 Å². The Balaban J connectivity index is 1.30. The third-order valence-corrected chi connectivity index (χ3v) is 6.03. The molecule has 0 saturated carbocycles. The Morgan fingerprint density at radius 3 is 2.66 bits per heavy atom. The fourth-order valence-corrected chi connectivity index (χ4v) is 4.58. The number of carbonyl (C=O) groups is 1. The highest BCUT2D eigenvalue weighted by molar-refractivity contribution is 5.95. The van der Waals surface area contributed by atoms with Crippen molar-refractivity contribution in [2.75, 3.05) is 51.3 Å². The minimum absolute atomic E-state index is 0.182. The average Bonchev–Trinajstić information content (AvgIpc) is 2.75. The minimum atomic E-state index is 0.182. The number of nitrogens with zero attached hydrogens (tertiary/aromatic N) is 3. The molecule has 1 unspecified atom stereocenters. The molecule has 2 heterocycles. The van der Waals surface area contributed by atoms with E-state index in [4.69, 9.17) is 4.74 Å². The first-order valence-electron chi connectivity index (χ1n) is 10.6. The molecule has 5 nitrogen and oxygen atoms in total. The number of anilines is 1. The summed E-state index contributed by atoms with van der Waals surface area (Å²) in [6, 6.07) is 18.5. The largest absolute Gasteiger partial charge is 0.497 e. The predicted molar refractivity (Wildman–Crippen MR) is 116 cm³/mol. The van der Waals surface area contributed by atoms with Gasteiger partial charge in [-0.2, -0.15) is 0 Å². The van der Waals surface area contributed by atoms with Crippen LogP contribution in [0.2, 0.25) is 0 Å². The lowest BCUT2D eigenvalue weighted by atomic mass is 9.96. The number of hydrogen-bond donors (Lipinski definition) is 0. The highest BCUT2D eigenvalue weighted by Crippen LogP contribution is 2.24. The van der Waals surface area contributed by atoms with Crippen LogP contribution in [-0.2, 0) is 11.3 Å². The zero-order chi connectivity index (χ0) is 20.1. The summed E-state index contributed by atoms with van der Waals surface area (Å²) in [4.78, 5) is 19.6. The van der Waals surface area contributed by atoms with Crippen LogP contribution in [0.4, 0.5) is 5.69 Å². The number of likely N-dealkylation sites (tertiary alicyclic amines) is 1. The normalized spacial score (nSPS) is 21.3. The Hall–Kier alpha value is -2.37. The molecule has 2 aromatic carbocycles. The van der Waals surface area contributed by atoms with Crippen molar-refractivity contribution in [3.8, 4) is 5.75 Å². The van der Waals surface area contributed by atoms with Crippen LogP contribution in [0.5, 0.6) is 5.75 Å². The van der Waals surface area contributed by atoms with Gasteiger partial charge >= 0.3 is 0 Å². The molecule has 2 aliphatic heterocycles. The van der Waals surface area contributed by atoms with Crippen molar-refractivity contribution >= 4 is 11.6 Å². The summed E-state index contributed by atoms with van der Waals surface area (Å²) in [5, 5.41) is 0. The Morgan fingerprint density at radius 1 is 1.00 bits per heavy atom. The van der Waals surface area contributed by atoms with Gasteiger partial charge in [-0.05, 0) is 43.0 Å². The van der Waals surface area contributed by atoms with Gasteiger partial charge in [0.2, 0.25) is 5.91 Å². The molecule has 1 amide bonds. The van der Waals surface area contributed by atoms with Crippen LogP contribution >= 0.6 is 0 Å². The van der Waals surface area contributed by atoms with Gasteiger partial charge in [0, 0.05) is 44.5 Å². The topological polar surface area (TPSA) is 36.0 Å². The first kappa shape index (κ1) is 19.9. The highest BCUT2D eigenvalue weighted by Gasteiger charge is 2.28. The number of piperazine rings is 1. The van der Waals surface area contributed by atoms with E-state index in [1.165, 1.54) is 24.9 Å². The number of piperidine rings is 1. The van der Waals surface area contributed by atoms with Crippen LogP contribution in [-0.4, -0.2) is 62.1 Å². The van der Waals surface area contributed by atoms with Crippen LogP contribution in [0.1, 0.15) is 18.4 Å². The quantitative estimate of drug-likeness (QED) is 0.755. The number of hydrogen-bond acceptors (Lipinski definition) is 4. The van der Waals surface area contributed by atoms with Gasteiger partial charge in [-0.3, -0.25) is 14.6 Å². The summed E-state index contributed by atoms with van der Waals surface area (Å²) in [6.07, 6.45) is 2.50. The van der Waals surface area contributed by atoms with E-state index in [9.17, 15) is 4.79 Å². The highest BCUT2D eigenvalue weighted by atomic mass is 16.5. The first-order chi connectivity index (χ1) is 14.2. The maximum absolute atomic E-state index is 12.8. The number of rotatable bonds is 6. The third kappa shape index (κ3) is 5.17. The molecule has 0 radical (unpaired) electrons. The van der Waals surface area contributed by atoms with E-state index in [0.29, 0.717) is 12.5 Å². The molecule has 0 bridgehead atoms. The maximum Gasteiger partial charge on any atom is 0.241 e. The van der Waals surface area contributed by atoms with Crippen LogP contribution in [0, 0.1) is 5.92 Å². The zero-order valence-electron chi connectivity index (χ0n) is 17.3. The monoisotopic (exact) mass is 393 g/mol. The molecule has 0 aromatic heterocycles. The van der Waals surface area contributed by atoms with Crippen molar-refractivity contribution in [1.82, 2.24) is 9.80 Å². The van der Waals surface area contributed by atoms with E-state index in [-0.39, 0.29) is 5.91 Å². The van der Waals surface area contributed by atoms with Gasteiger partial charge in [0.1, 0.15) is 5.75 Å². The van der Waals surface area contributed by atoms with Gasteiger partial charge in [-0.15, -0.1) is 0 Å². The second-order valence-corrected chi connectivity index (χ2v) is 8.21. The molecule has 0 N–H and O–H groups in total.